The zero-order valence-corrected chi connectivity index (χ0v) is 16.6. The Balaban J connectivity index is 0.000000211. The molecule has 0 amide bonds. The number of benzene rings is 2. The first kappa shape index (κ1) is 23.3. The van der Waals surface area contributed by atoms with E-state index >= 15 is 0 Å². The highest BCUT2D eigenvalue weighted by Crippen LogP contribution is 2.12. The van der Waals surface area contributed by atoms with E-state index < -0.39 is 10.1 Å². The number of rotatable bonds is 4. The van der Waals surface area contributed by atoms with Gasteiger partial charge in [0.15, 0.2) is 0 Å². The van der Waals surface area contributed by atoms with E-state index in [1.165, 1.54) is 11.6 Å². The number of nitrogens with one attached hydrogen (secondary N) is 2. The van der Waals surface area contributed by atoms with E-state index in [0.29, 0.717) is 5.56 Å². The molecule has 0 spiro atoms. The van der Waals surface area contributed by atoms with Crippen molar-refractivity contribution in [3.05, 3.63) is 65.7 Å². The molecule has 6 nitrogen and oxygen atoms in total. The Bertz CT molecular complexity index is 721. The van der Waals surface area contributed by atoms with Gasteiger partial charge in [-0.2, -0.15) is 8.42 Å². The van der Waals surface area contributed by atoms with Crippen LogP contribution in [-0.4, -0.2) is 50.9 Å². The van der Waals surface area contributed by atoms with Crippen LogP contribution in [0.25, 0.3) is 0 Å². The van der Waals surface area contributed by atoms with Crippen LogP contribution in [0.5, 0.6) is 0 Å². The zero-order chi connectivity index (χ0) is 20.0. The highest BCUT2D eigenvalue weighted by Gasteiger charge is 2.10. The van der Waals surface area contributed by atoms with Gasteiger partial charge in [-0.1, -0.05) is 48.5 Å². The maximum absolute atomic E-state index is 10.6. The highest BCUT2D eigenvalue weighted by molar-refractivity contribution is 7.85. The highest BCUT2D eigenvalue weighted by atomic mass is 32.2. The molecule has 0 unspecified atom stereocenters. The summed E-state index contributed by atoms with van der Waals surface area (Å²) in [5, 5.41) is 15.0. The molecular weight excluding hydrogens is 364 g/mol. The van der Waals surface area contributed by atoms with Gasteiger partial charge in [0, 0.05) is 32.8 Å². The van der Waals surface area contributed by atoms with Gasteiger partial charge < -0.3 is 15.7 Å². The second kappa shape index (κ2) is 13.4. The lowest BCUT2D eigenvalue weighted by molar-refractivity contribution is 0.288. The third-order valence-electron chi connectivity index (χ3n) is 3.79. The molecule has 0 saturated carbocycles. The summed E-state index contributed by atoms with van der Waals surface area (Å²) >= 11 is 0. The van der Waals surface area contributed by atoms with Gasteiger partial charge in [0.2, 0.25) is 0 Å². The standard InChI is InChI=1S/C9H12O.C7H8O3S.C4H10N2/c10-8-4-7-9-5-2-1-3-6-9;1-6-4-2-3-5-7(6)11(8,9)10;1-2-6-4-3-5-1/h1-3,5-6,10H,4,7-8H2;2-5H,1H3,(H,8,9,10);5-6H,1-4H2. The second-order valence-corrected chi connectivity index (χ2v) is 7.44. The molecule has 0 radical (unpaired) electrons. The average Bonchev–Trinajstić information content (AvgIpc) is 2.69. The van der Waals surface area contributed by atoms with Gasteiger partial charge in [0.05, 0.1) is 4.90 Å². The van der Waals surface area contributed by atoms with Gasteiger partial charge in [-0.25, -0.2) is 0 Å². The molecule has 3 rings (SSSR count). The zero-order valence-electron chi connectivity index (χ0n) is 15.8. The van der Waals surface area contributed by atoms with Gasteiger partial charge in [-0.3, -0.25) is 4.55 Å². The monoisotopic (exact) mass is 394 g/mol. The van der Waals surface area contributed by atoms with Gasteiger partial charge in [0.25, 0.3) is 10.1 Å². The Morgan fingerprint density at radius 2 is 1.41 bits per heavy atom. The lowest BCUT2D eigenvalue weighted by atomic mass is 10.1. The summed E-state index contributed by atoms with van der Waals surface area (Å²) in [6, 6.07) is 16.5. The first-order valence-electron chi connectivity index (χ1n) is 9.04. The van der Waals surface area contributed by atoms with Crippen LogP contribution in [0.4, 0.5) is 0 Å². The van der Waals surface area contributed by atoms with Crippen molar-refractivity contribution in [2.24, 2.45) is 0 Å². The summed E-state index contributed by atoms with van der Waals surface area (Å²) in [5.74, 6) is 0. The molecule has 7 heteroatoms. The first-order chi connectivity index (χ1) is 12.9. The summed E-state index contributed by atoms with van der Waals surface area (Å²) in [7, 11) is -4.03. The molecule has 0 atom stereocenters. The minimum Gasteiger partial charge on any atom is -0.396 e. The van der Waals surface area contributed by atoms with Crippen molar-refractivity contribution >= 4 is 10.1 Å². The molecule has 1 aliphatic rings. The van der Waals surface area contributed by atoms with Crippen molar-refractivity contribution < 1.29 is 18.1 Å². The number of hydrogen-bond donors (Lipinski definition) is 4. The Hall–Kier alpha value is -1.77. The summed E-state index contributed by atoms with van der Waals surface area (Å²) in [4.78, 5) is -0.0278. The first-order valence-corrected chi connectivity index (χ1v) is 10.5. The van der Waals surface area contributed by atoms with Crippen LogP contribution in [0.1, 0.15) is 17.5 Å². The lowest BCUT2D eigenvalue weighted by Gasteiger charge is -2.11. The average molecular weight is 395 g/mol. The molecule has 2 aromatic carbocycles. The van der Waals surface area contributed by atoms with E-state index in [1.807, 2.05) is 18.2 Å². The van der Waals surface area contributed by atoms with E-state index in [4.69, 9.17) is 9.66 Å². The van der Waals surface area contributed by atoms with Crippen LogP contribution in [-0.2, 0) is 16.5 Å². The predicted molar refractivity (Wildman–Crippen MR) is 109 cm³/mol. The van der Waals surface area contributed by atoms with Crippen LogP contribution < -0.4 is 10.6 Å². The molecule has 0 bridgehead atoms. The number of aliphatic hydroxyl groups excluding tert-OH is 1. The number of aryl methyl sites for hydroxylation is 2. The largest absolute Gasteiger partial charge is 0.396 e. The van der Waals surface area contributed by atoms with Crippen LogP contribution in [0.3, 0.4) is 0 Å². The number of aliphatic hydroxyl groups is 1. The minimum absolute atomic E-state index is 0.0278. The third kappa shape index (κ3) is 10.8. The molecule has 1 fully saturated rings. The van der Waals surface area contributed by atoms with E-state index in [2.05, 4.69) is 22.8 Å². The normalized spacial score (nSPS) is 13.6. The summed E-state index contributed by atoms with van der Waals surface area (Å²) < 4.78 is 29.9. The van der Waals surface area contributed by atoms with E-state index in [-0.39, 0.29) is 11.5 Å². The molecule has 0 aliphatic carbocycles. The molecule has 4 N–H and O–H groups in total. The Morgan fingerprint density at radius 1 is 0.889 bits per heavy atom. The molecule has 150 valence electrons. The fourth-order valence-electron chi connectivity index (χ4n) is 2.38. The third-order valence-corrected chi connectivity index (χ3v) is 4.81. The molecule has 2 aromatic rings. The van der Waals surface area contributed by atoms with Crippen molar-refractivity contribution in [2.75, 3.05) is 32.8 Å². The molecule has 0 aromatic heterocycles. The Morgan fingerprint density at radius 3 is 1.81 bits per heavy atom. The second-order valence-electron chi connectivity index (χ2n) is 6.05. The maximum atomic E-state index is 10.6. The van der Waals surface area contributed by atoms with Crippen molar-refractivity contribution in [2.45, 2.75) is 24.7 Å². The molecule has 1 aliphatic heterocycles. The lowest BCUT2D eigenvalue weighted by Crippen LogP contribution is -2.39. The smallest absolute Gasteiger partial charge is 0.294 e. The maximum Gasteiger partial charge on any atom is 0.294 e. The molecular formula is C20H30N2O4S. The topological polar surface area (TPSA) is 98.7 Å². The molecule has 1 heterocycles. The fourth-order valence-corrected chi connectivity index (χ4v) is 3.10. The Labute approximate surface area is 162 Å². The summed E-state index contributed by atoms with van der Waals surface area (Å²) in [6.45, 7) is 6.47. The number of piperazine rings is 1. The van der Waals surface area contributed by atoms with Gasteiger partial charge in [-0.05, 0) is 37.0 Å². The fraction of sp³-hybridized carbons (Fsp3) is 0.400. The minimum atomic E-state index is -4.03. The summed E-state index contributed by atoms with van der Waals surface area (Å²) in [5.41, 5.74) is 1.85. The number of hydrogen-bond acceptors (Lipinski definition) is 5. The van der Waals surface area contributed by atoms with E-state index in [0.717, 1.165) is 39.0 Å². The van der Waals surface area contributed by atoms with Crippen molar-refractivity contribution in [1.82, 2.24) is 10.6 Å². The van der Waals surface area contributed by atoms with Crippen molar-refractivity contribution in [1.29, 1.82) is 0 Å². The predicted octanol–water partition coefficient (Wildman–Crippen LogP) is 2.03. The van der Waals surface area contributed by atoms with Gasteiger partial charge in [-0.15, -0.1) is 0 Å². The quantitative estimate of drug-likeness (QED) is 0.593. The van der Waals surface area contributed by atoms with Crippen LogP contribution in [0, 0.1) is 6.92 Å². The Kier molecular flexibility index (Phi) is 11.6. The van der Waals surface area contributed by atoms with Crippen LogP contribution in [0.2, 0.25) is 0 Å². The van der Waals surface area contributed by atoms with Gasteiger partial charge >= 0.3 is 0 Å². The summed E-state index contributed by atoms with van der Waals surface area (Å²) in [6.07, 6.45) is 1.85. The molecule has 27 heavy (non-hydrogen) atoms. The SMILES string of the molecule is C1CNCCN1.Cc1ccccc1S(=O)(=O)O.OCCCc1ccccc1. The van der Waals surface area contributed by atoms with Crippen LogP contribution in [0.15, 0.2) is 59.5 Å². The van der Waals surface area contributed by atoms with Crippen LogP contribution >= 0.6 is 0 Å². The van der Waals surface area contributed by atoms with Crippen molar-refractivity contribution in [3.8, 4) is 0 Å². The molecule has 1 saturated heterocycles. The van der Waals surface area contributed by atoms with Gasteiger partial charge in [0.1, 0.15) is 0 Å². The van der Waals surface area contributed by atoms with E-state index in [1.54, 1.807) is 25.1 Å². The van der Waals surface area contributed by atoms with E-state index in [9.17, 15) is 8.42 Å². The van der Waals surface area contributed by atoms with Crippen molar-refractivity contribution in [3.63, 3.8) is 0 Å².